The van der Waals surface area contributed by atoms with Gasteiger partial charge in [-0.05, 0) is 66.2 Å². The van der Waals surface area contributed by atoms with Gasteiger partial charge in [-0.25, -0.2) is 4.79 Å². The van der Waals surface area contributed by atoms with Crippen LogP contribution in [0, 0.1) is 0 Å². The van der Waals surface area contributed by atoms with Crippen LogP contribution in [-0.2, 0) is 12.7 Å². The summed E-state index contributed by atoms with van der Waals surface area (Å²) in [6.45, 7) is 0.102. The molecule has 0 unspecified atom stereocenters. The van der Waals surface area contributed by atoms with Crippen molar-refractivity contribution in [2.24, 2.45) is 0 Å². The lowest BCUT2D eigenvalue weighted by Gasteiger charge is -2.24. The zero-order chi connectivity index (χ0) is 26.2. The predicted molar refractivity (Wildman–Crippen MR) is 130 cm³/mol. The molecule has 1 aromatic heterocycles. The lowest BCUT2D eigenvalue weighted by molar-refractivity contribution is -0.137. The summed E-state index contributed by atoms with van der Waals surface area (Å²) in [5.41, 5.74) is 0.749. The SMILES string of the molecule is COc1ccc(-c2nnc(CN3C[C@H](c4cccc(C(F)(F)F)c4)N(c4ccc(Cl)cc4)C3=O)o2)cc1. The fourth-order valence-corrected chi connectivity index (χ4v) is 4.31. The summed E-state index contributed by atoms with van der Waals surface area (Å²) in [6, 6.07) is 17.5. The lowest BCUT2D eigenvalue weighted by atomic mass is 10.0. The third-order valence-corrected chi connectivity index (χ3v) is 6.27. The van der Waals surface area contributed by atoms with E-state index in [1.807, 2.05) is 0 Å². The zero-order valence-electron chi connectivity index (χ0n) is 19.4. The van der Waals surface area contributed by atoms with Crippen molar-refractivity contribution in [1.29, 1.82) is 0 Å². The molecular weight excluding hydrogens is 509 g/mol. The number of methoxy groups -OCH3 is 1. The largest absolute Gasteiger partial charge is 0.497 e. The van der Waals surface area contributed by atoms with E-state index in [1.54, 1.807) is 61.7 Å². The minimum Gasteiger partial charge on any atom is -0.497 e. The number of amides is 2. The number of hydrogen-bond acceptors (Lipinski definition) is 5. The zero-order valence-corrected chi connectivity index (χ0v) is 20.2. The molecule has 5 rings (SSSR count). The van der Waals surface area contributed by atoms with Gasteiger partial charge in [-0.15, -0.1) is 10.2 Å². The Morgan fingerprint density at radius 1 is 1.05 bits per heavy atom. The van der Waals surface area contributed by atoms with Crippen molar-refractivity contribution in [3.63, 3.8) is 0 Å². The third kappa shape index (κ3) is 5.10. The number of rotatable bonds is 6. The van der Waals surface area contributed by atoms with E-state index in [2.05, 4.69) is 10.2 Å². The van der Waals surface area contributed by atoms with E-state index in [1.165, 1.54) is 15.9 Å². The van der Waals surface area contributed by atoms with Crippen molar-refractivity contribution in [1.82, 2.24) is 15.1 Å². The Morgan fingerprint density at radius 2 is 1.78 bits per heavy atom. The molecule has 11 heteroatoms. The van der Waals surface area contributed by atoms with Crippen LogP contribution < -0.4 is 9.64 Å². The monoisotopic (exact) mass is 528 g/mol. The van der Waals surface area contributed by atoms with Crippen LogP contribution in [-0.4, -0.2) is 34.8 Å². The molecule has 1 saturated heterocycles. The minimum absolute atomic E-state index is 0.0124. The molecule has 190 valence electrons. The van der Waals surface area contributed by atoms with Gasteiger partial charge in [0.05, 0.1) is 18.7 Å². The van der Waals surface area contributed by atoms with Crippen LogP contribution in [0.4, 0.5) is 23.7 Å². The van der Waals surface area contributed by atoms with Crippen molar-refractivity contribution < 1.29 is 27.1 Å². The number of anilines is 1. The van der Waals surface area contributed by atoms with Crippen molar-refractivity contribution in [3.05, 3.63) is 94.8 Å². The van der Waals surface area contributed by atoms with Crippen molar-refractivity contribution in [2.75, 3.05) is 18.6 Å². The van der Waals surface area contributed by atoms with E-state index in [4.69, 9.17) is 20.8 Å². The Labute approximate surface area is 215 Å². The summed E-state index contributed by atoms with van der Waals surface area (Å²) in [6.07, 6.45) is -4.51. The van der Waals surface area contributed by atoms with Crippen LogP contribution in [0.25, 0.3) is 11.5 Å². The quantitative estimate of drug-likeness (QED) is 0.282. The fraction of sp³-hybridized carbons (Fsp3) is 0.192. The third-order valence-electron chi connectivity index (χ3n) is 6.02. The maximum Gasteiger partial charge on any atom is 0.416 e. The summed E-state index contributed by atoms with van der Waals surface area (Å²) >= 11 is 6.01. The molecule has 0 spiro atoms. The Hall–Kier alpha value is -4.05. The van der Waals surface area contributed by atoms with E-state index < -0.39 is 23.8 Å². The van der Waals surface area contributed by atoms with Crippen molar-refractivity contribution in [3.8, 4) is 17.2 Å². The first-order chi connectivity index (χ1) is 17.7. The molecule has 1 atom stereocenters. The maximum absolute atomic E-state index is 13.5. The van der Waals surface area contributed by atoms with Gasteiger partial charge in [0, 0.05) is 22.8 Å². The first-order valence-electron chi connectivity index (χ1n) is 11.2. The highest BCUT2D eigenvalue weighted by molar-refractivity contribution is 6.30. The molecule has 7 nitrogen and oxygen atoms in total. The second-order valence-corrected chi connectivity index (χ2v) is 8.81. The van der Waals surface area contributed by atoms with E-state index in [-0.39, 0.29) is 24.9 Å². The number of nitrogens with zero attached hydrogens (tertiary/aromatic N) is 4. The standard InChI is InChI=1S/C26H20ClF3N4O3/c1-36-21-11-5-16(6-12-21)24-32-31-23(37-24)15-33-14-22(17-3-2-4-18(13-17)26(28,29)30)34(25(33)35)20-9-7-19(27)8-10-20/h2-13,22H,14-15H2,1H3/t22-/m1/s1. The van der Waals surface area contributed by atoms with Gasteiger partial charge in [0.2, 0.25) is 11.8 Å². The van der Waals surface area contributed by atoms with Gasteiger partial charge in [0.15, 0.2) is 0 Å². The average molecular weight is 529 g/mol. The summed E-state index contributed by atoms with van der Waals surface area (Å²) < 4.78 is 51.1. The number of benzene rings is 3. The average Bonchev–Trinajstić information content (AvgIpc) is 3.49. The van der Waals surface area contributed by atoms with E-state index in [0.29, 0.717) is 27.6 Å². The fourth-order valence-electron chi connectivity index (χ4n) is 4.19. The van der Waals surface area contributed by atoms with Crippen LogP contribution in [0.5, 0.6) is 5.75 Å². The Kier molecular flexibility index (Phi) is 6.51. The minimum atomic E-state index is -4.51. The molecule has 0 aliphatic carbocycles. The normalized spacial score (nSPS) is 15.9. The molecule has 37 heavy (non-hydrogen) atoms. The van der Waals surface area contributed by atoms with Crippen molar-refractivity contribution in [2.45, 2.75) is 18.8 Å². The molecule has 2 heterocycles. The topological polar surface area (TPSA) is 71.7 Å². The van der Waals surface area contributed by atoms with Gasteiger partial charge in [0.1, 0.15) is 12.3 Å². The van der Waals surface area contributed by atoms with Gasteiger partial charge in [0.25, 0.3) is 0 Å². The maximum atomic E-state index is 13.5. The van der Waals surface area contributed by atoms with E-state index in [9.17, 15) is 18.0 Å². The number of carbonyl (C=O) groups is 1. The molecule has 0 radical (unpaired) electrons. The van der Waals surface area contributed by atoms with E-state index in [0.717, 1.165) is 12.1 Å². The number of urea groups is 1. The Balaban J connectivity index is 1.44. The van der Waals surface area contributed by atoms with Crippen LogP contribution >= 0.6 is 11.6 Å². The molecule has 0 N–H and O–H groups in total. The van der Waals surface area contributed by atoms with Crippen LogP contribution in [0.2, 0.25) is 5.02 Å². The lowest BCUT2D eigenvalue weighted by Crippen LogP contribution is -2.32. The Morgan fingerprint density at radius 3 is 2.46 bits per heavy atom. The van der Waals surface area contributed by atoms with Gasteiger partial charge in [-0.1, -0.05) is 23.7 Å². The second-order valence-electron chi connectivity index (χ2n) is 8.38. The highest BCUT2D eigenvalue weighted by Gasteiger charge is 2.41. The highest BCUT2D eigenvalue weighted by atomic mass is 35.5. The summed E-state index contributed by atoms with van der Waals surface area (Å²) in [4.78, 5) is 16.4. The van der Waals surface area contributed by atoms with Gasteiger partial charge in [-0.3, -0.25) is 4.90 Å². The Bertz CT molecular complexity index is 1410. The number of alkyl halides is 3. The molecule has 2 amide bonds. The van der Waals surface area contributed by atoms with Gasteiger partial charge < -0.3 is 14.1 Å². The molecular formula is C26H20ClF3N4O3. The first kappa shape index (κ1) is 24.6. The number of carbonyl (C=O) groups excluding carboxylic acids is 1. The molecule has 0 bridgehead atoms. The van der Waals surface area contributed by atoms with Crippen LogP contribution in [0.1, 0.15) is 23.1 Å². The smallest absolute Gasteiger partial charge is 0.416 e. The van der Waals surface area contributed by atoms with Crippen molar-refractivity contribution >= 4 is 23.3 Å². The predicted octanol–water partition coefficient (Wildman–Crippen LogP) is 6.60. The highest BCUT2D eigenvalue weighted by Crippen LogP contribution is 2.38. The summed E-state index contributed by atoms with van der Waals surface area (Å²) in [5.74, 6) is 1.14. The number of aromatic nitrogens is 2. The summed E-state index contributed by atoms with van der Waals surface area (Å²) in [5, 5.41) is 8.60. The number of ether oxygens (including phenoxy) is 1. The second kappa shape index (κ2) is 9.78. The van der Waals surface area contributed by atoms with Gasteiger partial charge in [-0.2, -0.15) is 13.2 Å². The molecule has 1 fully saturated rings. The number of halogens is 4. The first-order valence-corrected chi connectivity index (χ1v) is 11.6. The number of hydrogen-bond donors (Lipinski definition) is 0. The van der Waals surface area contributed by atoms with Gasteiger partial charge >= 0.3 is 12.2 Å². The molecule has 1 aliphatic rings. The van der Waals surface area contributed by atoms with E-state index >= 15 is 0 Å². The summed E-state index contributed by atoms with van der Waals surface area (Å²) in [7, 11) is 1.56. The van der Waals surface area contributed by atoms with Crippen LogP contribution in [0.15, 0.2) is 77.2 Å². The molecule has 3 aromatic carbocycles. The van der Waals surface area contributed by atoms with Crippen LogP contribution in [0.3, 0.4) is 0 Å². The molecule has 1 aliphatic heterocycles. The molecule has 0 saturated carbocycles. The molecule has 4 aromatic rings.